The molecule has 0 heterocycles. The third-order valence-electron chi connectivity index (χ3n) is 0.596. The first-order valence-corrected chi connectivity index (χ1v) is 19.2. The summed E-state index contributed by atoms with van der Waals surface area (Å²) < 4.78 is 66.5. The van der Waals surface area contributed by atoms with Crippen LogP contribution in [0.15, 0.2) is 0 Å². The fourth-order valence-electron chi connectivity index (χ4n) is 0.545. The zero-order valence-corrected chi connectivity index (χ0v) is 25.0. The maximum Gasteiger partial charge on any atom is 3.00 e. The van der Waals surface area contributed by atoms with E-state index in [9.17, 15) is 42.1 Å². The summed E-state index contributed by atoms with van der Waals surface area (Å²) in [6.07, 6.45) is 0. The standard InChI is InChI=1S/2C2H8O5P2.C2H6.2CH5O3P.Al.H2O/c2*1-8(3,4)7-9(2,5)6;1-2;2*1-5(2,3)4;;/h2*1-2H3,(H,3,4)(H,5,6);1-2H3;2*1H3,(H2,2,3,4);;1H2/q;;;;;+3;/p-3. The molecular formula is C8H31AlO17P6. The molecule has 0 rings (SSSR count). The zero-order valence-electron chi connectivity index (χ0n) is 18.5. The van der Waals surface area contributed by atoms with Crippen molar-refractivity contribution in [2.45, 2.75) is 13.8 Å². The Morgan fingerprint density at radius 2 is 0.656 bits per heavy atom. The van der Waals surface area contributed by atoms with Gasteiger partial charge in [0.25, 0.3) is 0 Å². The van der Waals surface area contributed by atoms with E-state index < -0.39 is 45.6 Å². The van der Waals surface area contributed by atoms with Gasteiger partial charge in [-0.15, -0.1) is 0 Å². The summed E-state index contributed by atoms with van der Waals surface area (Å²) in [6.45, 7) is 8.64. The summed E-state index contributed by atoms with van der Waals surface area (Å²) in [6, 6.07) is 0. The van der Waals surface area contributed by atoms with Gasteiger partial charge in [-0.2, -0.15) is 0 Å². The van der Waals surface area contributed by atoms with Crippen molar-refractivity contribution in [1.82, 2.24) is 0 Å². The molecule has 0 spiro atoms. The molecule has 0 bridgehead atoms. The zero-order chi connectivity index (χ0) is 26.4. The normalized spacial score (nSPS) is 17.6. The van der Waals surface area contributed by atoms with E-state index in [0.717, 1.165) is 26.7 Å². The van der Waals surface area contributed by atoms with Crippen molar-refractivity contribution >= 4 is 62.9 Å². The maximum atomic E-state index is 10.2. The molecule has 0 radical (unpaired) electrons. The minimum Gasteiger partial charge on any atom is -0.778 e. The number of rotatable bonds is 4. The van der Waals surface area contributed by atoms with Crippen molar-refractivity contribution in [3.63, 3.8) is 0 Å². The Labute approximate surface area is 197 Å². The molecule has 0 saturated carbocycles. The van der Waals surface area contributed by atoms with E-state index in [1.165, 1.54) is 0 Å². The van der Waals surface area contributed by atoms with Crippen LogP contribution in [0.5, 0.6) is 0 Å². The molecular weight excluding hydrogens is 581 g/mol. The molecule has 0 aromatic heterocycles. The molecule has 0 aliphatic carbocycles. The van der Waals surface area contributed by atoms with Crippen LogP contribution in [0.1, 0.15) is 13.8 Å². The van der Waals surface area contributed by atoms with Crippen LogP contribution in [0.4, 0.5) is 0 Å². The van der Waals surface area contributed by atoms with E-state index >= 15 is 0 Å². The van der Waals surface area contributed by atoms with Crippen LogP contribution in [0.3, 0.4) is 0 Å². The van der Waals surface area contributed by atoms with Gasteiger partial charge >= 0.3 is 40.1 Å². The fourth-order valence-corrected chi connectivity index (χ4v) is 4.90. The predicted molar refractivity (Wildman–Crippen MR) is 115 cm³/mol. The van der Waals surface area contributed by atoms with Crippen molar-refractivity contribution < 1.29 is 80.6 Å². The molecule has 198 valence electrons. The Kier molecular flexibility index (Phi) is 32.5. The Bertz CT molecular complexity index is 599. The van der Waals surface area contributed by atoms with Gasteiger partial charge in [0.1, 0.15) is 22.8 Å². The molecule has 0 fully saturated rings. The number of hydrogen-bond donors (Lipinski definition) is 5. The van der Waals surface area contributed by atoms with Crippen LogP contribution < -0.4 is 14.7 Å². The van der Waals surface area contributed by atoms with Gasteiger partial charge in [0.2, 0.25) is 0 Å². The minimum atomic E-state index is -4.11. The largest absolute Gasteiger partial charge is 3.00 e. The quantitative estimate of drug-likeness (QED) is 0.183. The van der Waals surface area contributed by atoms with Crippen LogP contribution in [-0.4, -0.2) is 87.3 Å². The van der Waals surface area contributed by atoms with Crippen molar-refractivity contribution in [2.75, 3.05) is 40.0 Å². The molecule has 24 heteroatoms. The van der Waals surface area contributed by atoms with Crippen LogP contribution in [0.2, 0.25) is 0 Å². The molecule has 17 nitrogen and oxygen atoms in total. The molecule has 7 N–H and O–H groups in total. The Morgan fingerprint density at radius 3 is 0.656 bits per heavy atom. The maximum absolute atomic E-state index is 10.2. The molecule has 0 aliphatic rings. The van der Waals surface area contributed by atoms with Crippen molar-refractivity contribution in [3.8, 4) is 0 Å². The van der Waals surface area contributed by atoms with Crippen molar-refractivity contribution in [1.29, 1.82) is 0 Å². The van der Waals surface area contributed by atoms with E-state index in [-0.39, 0.29) is 22.8 Å². The van der Waals surface area contributed by atoms with Gasteiger partial charge in [-0.1, -0.05) is 13.8 Å². The van der Waals surface area contributed by atoms with Gasteiger partial charge < -0.3 is 58.3 Å². The predicted octanol–water partition coefficient (Wildman–Crippen LogP) is -1.22. The van der Waals surface area contributed by atoms with Crippen LogP contribution in [0, 0.1) is 0 Å². The third-order valence-corrected chi connectivity index (χ3v) is 5.37. The molecule has 4 atom stereocenters. The average molecular weight is 612 g/mol. The first-order valence-electron chi connectivity index (χ1n) is 7.06. The van der Waals surface area contributed by atoms with Crippen LogP contribution in [0.25, 0.3) is 0 Å². The van der Waals surface area contributed by atoms with E-state index in [1.807, 2.05) is 13.8 Å². The number of hydrogen-bond acceptors (Lipinski definition) is 11. The second-order valence-corrected chi connectivity index (χ2v) is 15.8. The second-order valence-electron chi connectivity index (χ2n) is 4.95. The smallest absolute Gasteiger partial charge is 0.778 e. The fraction of sp³-hybridized carbons (Fsp3) is 1.00. The SMILES string of the molecule is CC.CP(=O)(O)O.CP(=O)(O)O.CP(=O)([O-])OP(C)(=O)O.CP(=O)([O-])OP(C)(=O)[O-].O.[Al+3]. The van der Waals surface area contributed by atoms with E-state index in [0.29, 0.717) is 13.3 Å². The summed E-state index contributed by atoms with van der Waals surface area (Å²) >= 11 is 0. The minimum absolute atomic E-state index is 0. The Balaban J connectivity index is -0.0000000513. The summed E-state index contributed by atoms with van der Waals surface area (Å²) in [5, 5.41) is 0. The molecule has 0 saturated heterocycles. The van der Waals surface area contributed by atoms with Gasteiger partial charge in [0.15, 0.2) is 0 Å². The molecule has 0 aromatic carbocycles. The first kappa shape index (κ1) is 50.4. The van der Waals surface area contributed by atoms with Crippen molar-refractivity contribution in [2.24, 2.45) is 0 Å². The van der Waals surface area contributed by atoms with E-state index in [2.05, 4.69) is 8.62 Å². The van der Waals surface area contributed by atoms with Crippen molar-refractivity contribution in [3.05, 3.63) is 0 Å². The second kappa shape index (κ2) is 20.6. The van der Waals surface area contributed by atoms with E-state index in [4.69, 9.17) is 24.5 Å². The van der Waals surface area contributed by atoms with Gasteiger partial charge in [0.05, 0.1) is 0 Å². The average Bonchev–Trinajstić information content (AvgIpc) is 2.15. The summed E-state index contributed by atoms with van der Waals surface area (Å²) in [5.41, 5.74) is 0. The summed E-state index contributed by atoms with van der Waals surface area (Å²) in [7, 11) is -23.4. The first-order chi connectivity index (χ1) is 12.4. The molecule has 0 aliphatic heterocycles. The third kappa shape index (κ3) is 161. The van der Waals surface area contributed by atoms with Gasteiger partial charge in [0, 0.05) is 40.0 Å². The molecule has 4 unspecified atom stereocenters. The summed E-state index contributed by atoms with van der Waals surface area (Å²) in [5.74, 6) is 0. The molecule has 0 amide bonds. The van der Waals surface area contributed by atoms with Gasteiger partial charge in [-0.3, -0.25) is 22.3 Å². The Morgan fingerprint density at radius 1 is 0.531 bits per heavy atom. The topological polar surface area (TPSA) is 323 Å². The molecule has 32 heavy (non-hydrogen) atoms. The monoisotopic (exact) mass is 612 g/mol. The Hall–Kier alpha value is 1.47. The van der Waals surface area contributed by atoms with Gasteiger partial charge in [-0.25, -0.2) is 0 Å². The van der Waals surface area contributed by atoms with E-state index in [1.54, 1.807) is 0 Å². The summed E-state index contributed by atoms with van der Waals surface area (Å²) in [4.78, 5) is 69.1. The van der Waals surface area contributed by atoms with Crippen LogP contribution >= 0.6 is 45.6 Å². The van der Waals surface area contributed by atoms with Gasteiger partial charge in [-0.05, 0) is 0 Å². The van der Waals surface area contributed by atoms with Crippen LogP contribution in [-0.2, 0) is 36.0 Å². The molecule has 0 aromatic rings.